The molecule has 110 valence electrons. The Balaban J connectivity index is 1.66. The molecule has 0 radical (unpaired) electrons. The van der Waals surface area contributed by atoms with E-state index in [2.05, 4.69) is 25.4 Å². The average Bonchev–Trinajstić information content (AvgIpc) is 2.97. The van der Waals surface area contributed by atoms with Crippen molar-refractivity contribution in [1.82, 2.24) is 20.1 Å². The molecular weight excluding hydrogens is 270 g/mol. The molecule has 7 heteroatoms. The van der Waals surface area contributed by atoms with Crippen molar-refractivity contribution >= 4 is 11.7 Å². The summed E-state index contributed by atoms with van der Waals surface area (Å²) in [4.78, 5) is 18.2. The Bertz CT molecular complexity index is 613. The first-order chi connectivity index (χ1) is 10.2. The van der Waals surface area contributed by atoms with Crippen LogP contribution in [0.25, 0.3) is 11.3 Å². The van der Waals surface area contributed by atoms with E-state index >= 15 is 0 Å². The highest BCUT2D eigenvalue weighted by Crippen LogP contribution is 2.18. The van der Waals surface area contributed by atoms with Crippen molar-refractivity contribution in [2.45, 2.75) is 6.10 Å². The van der Waals surface area contributed by atoms with E-state index in [0.29, 0.717) is 19.0 Å². The van der Waals surface area contributed by atoms with Crippen LogP contribution in [0.15, 0.2) is 30.6 Å². The second kappa shape index (κ2) is 6.02. The van der Waals surface area contributed by atoms with Crippen LogP contribution in [0.4, 0.5) is 5.82 Å². The van der Waals surface area contributed by atoms with Gasteiger partial charge in [0.15, 0.2) is 5.82 Å². The number of aromatic nitrogens is 3. The van der Waals surface area contributed by atoms with Crippen LogP contribution in [0.3, 0.4) is 0 Å². The van der Waals surface area contributed by atoms with Gasteiger partial charge in [0, 0.05) is 37.1 Å². The predicted molar refractivity (Wildman–Crippen MR) is 77.7 cm³/mol. The van der Waals surface area contributed by atoms with E-state index in [9.17, 15) is 4.79 Å². The molecule has 1 amide bonds. The topological polar surface area (TPSA) is 83.1 Å². The molecule has 1 aliphatic heterocycles. The number of pyridine rings is 1. The van der Waals surface area contributed by atoms with E-state index in [1.807, 2.05) is 19.2 Å². The fourth-order valence-corrected chi connectivity index (χ4v) is 2.21. The number of carbonyl (C=O) groups excluding carboxylic acids is 1. The largest absolute Gasteiger partial charge is 0.366 e. The zero-order valence-electron chi connectivity index (χ0n) is 11.7. The quantitative estimate of drug-likeness (QED) is 0.870. The molecule has 2 N–H and O–H groups in total. The van der Waals surface area contributed by atoms with E-state index in [0.717, 1.165) is 17.8 Å². The Labute approximate surface area is 122 Å². The maximum Gasteiger partial charge on any atom is 0.256 e. The van der Waals surface area contributed by atoms with Gasteiger partial charge in [-0.2, -0.15) is 5.10 Å². The zero-order chi connectivity index (χ0) is 14.7. The minimum atomic E-state index is -0.454. The molecule has 0 aliphatic carbocycles. The third kappa shape index (κ3) is 3.26. The molecule has 7 nitrogen and oxygen atoms in total. The van der Waals surface area contributed by atoms with E-state index in [1.165, 1.54) is 0 Å². The molecule has 2 aromatic heterocycles. The maximum absolute atomic E-state index is 12.1. The SMILES string of the molecule is CN1CCO[C@@H](C(=O)Nc2cc(-c3ccncc3)[nH]n2)C1. The Morgan fingerprint density at radius 2 is 2.29 bits per heavy atom. The van der Waals surface area contributed by atoms with Crippen molar-refractivity contribution in [3.8, 4) is 11.3 Å². The number of hydrogen-bond donors (Lipinski definition) is 2. The minimum Gasteiger partial charge on any atom is -0.366 e. The van der Waals surface area contributed by atoms with Crippen molar-refractivity contribution in [2.75, 3.05) is 32.1 Å². The highest BCUT2D eigenvalue weighted by atomic mass is 16.5. The lowest BCUT2D eigenvalue weighted by molar-refractivity contribution is -0.132. The molecule has 2 aromatic rings. The van der Waals surface area contributed by atoms with E-state index in [1.54, 1.807) is 18.5 Å². The first kappa shape index (κ1) is 13.7. The fraction of sp³-hybridized carbons (Fsp3) is 0.357. The standard InChI is InChI=1S/C14H17N5O2/c1-19-6-7-21-12(9-19)14(20)16-13-8-11(17-18-13)10-2-4-15-5-3-10/h2-5,8,12H,6-7,9H2,1H3,(H2,16,17,18,20)/t12-/m1/s1. The monoisotopic (exact) mass is 287 g/mol. The number of H-pyrrole nitrogens is 1. The van der Waals surface area contributed by atoms with Crippen LogP contribution in [0.2, 0.25) is 0 Å². The van der Waals surface area contributed by atoms with Gasteiger partial charge in [0.1, 0.15) is 6.10 Å². The van der Waals surface area contributed by atoms with Crippen molar-refractivity contribution < 1.29 is 9.53 Å². The van der Waals surface area contributed by atoms with E-state index in [4.69, 9.17) is 4.74 Å². The van der Waals surface area contributed by atoms with Gasteiger partial charge in [-0.1, -0.05) is 0 Å². The van der Waals surface area contributed by atoms with Gasteiger partial charge in [-0.15, -0.1) is 0 Å². The normalized spacial score (nSPS) is 19.4. The van der Waals surface area contributed by atoms with Gasteiger partial charge < -0.3 is 15.0 Å². The van der Waals surface area contributed by atoms with Gasteiger partial charge in [0.05, 0.1) is 12.3 Å². The molecule has 1 fully saturated rings. The minimum absolute atomic E-state index is 0.172. The number of carbonyl (C=O) groups is 1. The highest BCUT2D eigenvalue weighted by Gasteiger charge is 2.25. The van der Waals surface area contributed by atoms with Crippen LogP contribution in [0, 0.1) is 0 Å². The van der Waals surface area contributed by atoms with Crippen molar-refractivity contribution in [1.29, 1.82) is 0 Å². The number of morpholine rings is 1. The molecule has 3 heterocycles. The average molecular weight is 287 g/mol. The molecule has 21 heavy (non-hydrogen) atoms. The van der Waals surface area contributed by atoms with Gasteiger partial charge in [0.25, 0.3) is 5.91 Å². The summed E-state index contributed by atoms with van der Waals surface area (Å²) in [6, 6.07) is 5.54. The van der Waals surface area contributed by atoms with Crippen LogP contribution < -0.4 is 5.32 Å². The second-order valence-corrected chi connectivity index (χ2v) is 5.01. The second-order valence-electron chi connectivity index (χ2n) is 5.01. The lowest BCUT2D eigenvalue weighted by atomic mass is 10.2. The fourth-order valence-electron chi connectivity index (χ4n) is 2.21. The molecular formula is C14H17N5O2. The summed E-state index contributed by atoms with van der Waals surface area (Å²) in [5.41, 5.74) is 1.79. The Morgan fingerprint density at radius 1 is 1.48 bits per heavy atom. The van der Waals surface area contributed by atoms with E-state index < -0.39 is 6.10 Å². The van der Waals surface area contributed by atoms with Gasteiger partial charge in [-0.25, -0.2) is 0 Å². The van der Waals surface area contributed by atoms with Crippen LogP contribution in [0.5, 0.6) is 0 Å². The summed E-state index contributed by atoms with van der Waals surface area (Å²) in [7, 11) is 1.97. The number of anilines is 1. The molecule has 0 saturated carbocycles. The van der Waals surface area contributed by atoms with Crippen LogP contribution in [-0.2, 0) is 9.53 Å². The van der Waals surface area contributed by atoms with Crippen molar-refractivity contribution in [3.05, 3.63) is 30.6 Å². The lowest BCUT2D eigenvalue weighted by Gasteiger charge is -2.28. The number of aromatic amines is 1. The zero-order valence-corrected chi connectivity index (χ0v) is 11.7. The van der Waals surface area contributed by atoms with Crippen LogP contribution >= 0.6 is 0 Å². The highest BCUT2D eigenvalue weighted by molar-refractivity contribution is 5.94. The Morgan fingerprint density at radius 3 is 3.05 bits per heavy atom. The molecule has 0 spiro atoms. The number of amides is 1. The van der Waals surface area contributed by atoms with Gasteiger partial charge in [-0.3, -0.25) is 14.9 Å². The summed E-state index contributed by atoms with van der Waals surface area (Å²) < 4.78 is 5.47. The number of likely N-dealkylation sites (N-methyl/N-ethyl adjacent to an activating group) is 1. The van der Waals surface area contributed by atoms with Gasteiger partial charge in [0.2, 0.25) is 0 Å². The van der Waals surface area contributed by atoms with E-state index in [-0.39, 0.29) is 5.91 Å². The third-order valence-electron chi connectivity index (χ3n) is 3.38. The number of nitrogens with zero attached hydrogens (tertiary/aromatic N) is 3. The van der Waals surface area contributed by atoms with Gasteiger partial charge in [-0.05, 0) is 19.2 Å². The van der Waals surface area contributed by atoms with Crippen LogP contribution in [-0.4, -0.2) is 58.8 Å². The first-order valence-corrected chi connectivity index (χ1v) is 6.79. The van der Waals surface area contributed by atoms with Crippen LogP contribution in [0.1, 0.15) is 0 Å². The van der Waals surface area contributed by atoms with Crippen molar-refractivity contribution in [2.24, 2.45) is 0 Å². The molecule has 1 atom stereocenters. The number of ether oxygens (including phenoxy) is 1. The van der Waals surface area contributed by atoms with Crippen molar-refractivity contribution in [3.63, 3.8) is 0 Å². The molecule has 1 saturated heterocycles. The Hall–Kier alpha value is -2.25. The van der Waals surface area contributed by atoms with Gasteiger partial charge >= 0.3 is 0 Å². The smallest absolute Gasteiger partial charge is 0.256 e. The molecule has 1 aliphatic rings. The summed E-state index contributed by atoms with van der Waals surface area (Å²) in [5.74, 6) is 0.318. The number of rotatable bonds is 3. The molecule has 3 rings (SSSR count). The molecule has 0 aromatic carbocycles. The predicted octanol–water partition coefficient (Wildman–Crippen LogP) is 0.741. The lowest BCUT2D eigenvalue weighted by Crippen LogP contribution is -2.46. The molecule has 0 bridgehead atoms. The molecule has 0 unspecified atom stereocenters. The third-order valence-corrected chi connectivity index (χ3v) is 3.38. The summed E-state index contributed by atoms with van der Waals surface area (Å²) in [6.07, 6.45) is 2.96. The maximum atomic E-state index is 12.1. The Kier molecular flexibility index (Phi) is 3.94. The summed E-state index contributed by atoms with van der Waals surface area (Å²) in [6.45, 7) is 2.00. The number of nitrogens with one attached hydrogen (secondary N) is 2. The summed E-state index contributed by atoms with van der Waals surface area (Å²) in [5, 5.41) is 9.77. The number of hydrogen-bond acceptors (Lipinski definition) is 5. The summed E-state index contributed by atoms with van der Waals surface area (Å²) >= 11 is 0. The first-order valence-electron chi connectivity index (χ1n) is 6.79.